The highest BCUT2D eigenvalue weighted by molar-refractivity contribution is 6.05. The molecule has 0 spiro atoms. The summed E-state index contributed by atoms with van der Waals surface area (Å²) in [7, 11) is 1.57. The van der Waals surface area contributed by atoms with Crippen molar-refractivity contribution in [2.45, 2.75) is 0 Å². The molecule has 1 aromatic carbocycles. The van der Waals surface area contributed by atoms with E-state index >= 15 is 0 Å². The van der Waals surface area contributed by atoms with E-state index in [9.17, 15) is 4.79 Å². The van der Waals surface area contributed by atoms with Gasteiger partial charge in [0.2, 0.25) is 0 Å². The summed E-state index contributed by atoms with van der Waals surface area (Å²) in [6.07, 6.45) is 3.09. The van der Waals surface area contributed by atoms with Gasteiger partial charge in [0.25, 0.3) is 5.91 Å². The molecule has 0 saturated heterocycles. The Labute approximate surface area is 123 Å². The molecule has 0 aliphatic rings. The standard InChI is InChI=1S/C16H15N3O2/c1-21-14-6-2-5-13(10-14)19-16(20)15-7-9-18-11-12(15)4-3-8-17/h2,5-7,9-11H,8,17H2,1H3,(H,19,20). The number of hydrogen-bond acceptors (Lipinski definition) is 4. The minimum Gasteiger partial charge on any atom is -0.497 e. The lowest BCUT2D eigenvalue weighted by atomic mass is 10.1. The van der Waals surface area contributed by atoms with E-state index in [1.807, 2.05) is 0 Å². The smallest absolute Gasteiger partial charge is 0.257 e. The zero-order valence-corrected chi connectivity index (χ0v) is 11.6. The van der Waals surface area contributed by atoms with Gasteiger partial charge < -0.3 is 15.8 Å². The van der Waals surface area contributed by atoms with Crippen molar-refractivity contribution in [2.24, 2.45) is 5.73 Å². The highest BCUT2D eigenvalue weighted by Crippen LogP contribution is 2.18. The summed E-state index contributed by atoms with van der Waals surface area (Å²) in [5.74, 6) is 5.97. The molecule has 0 unspecified atom stereocenters. The summed E-state index contributed by atoms with van der Waals surface area (Å²) in [6.45, 7) is 0.228. The molecule has 0 aliphatic heterocycles. The zero-order chi connectivity index (χ0) is 15.1. The van der Waals surface area contributed by atoms with Gasteiger partial charge in [0.05, 0.1) is 24.8 Å². The van der Waals surface area contributed by atoms with Crippen LogP contribution in [-0.4, -0.2) is 24.5 Å². The van der Waals surface area contributed by atoms with Crippen molar-refractivity contribution in [3.8, 4) is 17.6 Å². The van der Waals surface area contributed by atoms with Gasteiger partial charge in [-0.2, -0.15) is 0 Å². The Balaban J connectivity index is 2.24. The molecule has 1 aromatic heterocycles. The van der Waals surface area contributed by atoms with Gasteiger partial charge in [-0.3, -0.25) is 9.78 Å². The van der Waals surface area contributed by atoms with Crippen molar-refractivity contribution >= 4 is 11.6 Å². The molecule has 0 atom stereocenters. The lowest BCUT2D eigenvalue weighted by Gasteiger charge is -2.08. The van der Waals surface area contributed by atoms with E-state index in [0.29, 0.717) is 22.6 Å². The number of nitrogens with zero attached hydrogens (tertiary/aromatic N) is 1. The average Bonchev–Trinajstić information content (AvgIpc) is 2.53. The highest BCUT2D eigenvalue weighted by atomic mass is 16.5. The molecule has 5 heteroatoms. The normalized spacial score (nSPS) is 9.43. The summed E-state index contributed by atoms with van der Waals surface area (Å²) in [6, 6.07) is 8.75. The fourth-order valence-corrected chi connectivity index (χ4v) is 1.74. The molecule has 21 heavy (non-hydrogen) atoms. The van der Waals surface area contributed by atoms with Gasteiger partial charge in [0, 0.05) is 24.1 Å². The van der Waals surface area contributed by atoms with Crippen molar-refractivity contribution in [3.05, 3.63) is 53.9 Å². The maximum absolute atomic E-state index is 12.3. The molecule has 0 radical (unpaired) electrons. The van der Waals surface area contributed by atoms with Crippen LogP contribution in [0, 0.1) is 11.8 Å². The molecule has 2 aromatic rings. The summed E-state index contributed by atoms with van der Waals surface area (Å²) in [5, 5.41) is 2.80. The molecular weight excluding hydrogens is 266 g/mol. The highest BCUT2D eigenvalue weighted by Gasteiger charge is 2.10. The van der Waals surface area contributed by atoms with Crippen LogP contribution in [0.4, 0.5) is 5.69 Å². The lowest BCUT2D eigenvalue weighted by molar-refractivity contribution is 0.102. The number of benzene rings is 1. The largest absolute Gasteiger partial charge is 0.497 e. The topological polar surface area (TPSA) is 77.2 Å². The summed E-state index contributed by atoms with van der Waals surface area (Å²) in [4.78, 5) is 16.3. The fourth-order valence-electron chi connectivity index (χ4n) is 1.74. The fraction of sp³-hybridized carbons (Fsp3) is 0.125. The monoisotopic (exact) mass is 281 g/mol. The first kappa shape index (κ1) is 14.6. The third-order valence-electron chi connectivity index (χ3n) is 2.72. The average molecular weight is 281 g/mol. The second-order valence-corrected chi connectivity index (χ2v) is 4.11. The number of hydrogen-bond donors (Lipinski definition) is 2. The maximum atomic E-state index is 12.3. The molecule has 2 rings (SSSR count). The SMILES string of the molecule is COc1cccc(NC(=O)c2ccncc2C#CCN)c1. The molecule has 1 heterocycles. The Morgan fingerprint density at radius 3 is 3.05 bits per heavy atom. The quantitative estimate of drug-likeness (QED) is 0.839. The summed E-state index contributed by atoms with van der Waals surface area (Å²) >= 11 is 0. The number of amides is 1. The van der Waals surface area contributed by atoms with Crippen molar-refractivity contribution in [1.82, 2.24) is 4.98 Å². The van der Waals surface area contributed by atoms with E-state index in [4.69, 9.17) is 10.5 Å². The van der Waals surface area contributed by atoms with Crippen molar-refractivity contribution in [3.63, 3.8) is 0 Å². The van der Waals surface area contributed by atoms with Crippen LogP contribution < -0.4 is 15.8 Å². The molecule has 1 amide bonds. The van der Waals surface area contributed by atoms with E-state index < -0.39 is 0 Å². The van der Waals surface area contributed by atoms with Gasteiger partial charge in [-0.05, 0) is 18.2 Å². The number of ether oxygens (including phenoxy) is 1. The van der Waals surface area contributed by atoms with Crippen molar-refractivity contribution in [2.75, 3.05) is 19.0 Å². The third-order valence-corrected chi connectivity index (χ3v) is 2.72. The Morgan fingerprint density at radius 1 is 1.43 bits per heavy atom. The zero-order valence-electron chi connectivity index (χ0n) is 11.6. The summed E-state index contributed by atoms with van der Waals surface area (Å²) < 4.78 is 5.12. The third kappa shape index (κ3) is 3.81. The Morgan fingerprint density at radius 2 is 2.29 bits per heavy atom. The van der Waals surface area contributed by atoms with Crippen LogP contribution in [0.25, 0.3) is 0 Å². The van der Waals surface area contributed by atoms with Gasteiger partial charge in [-0.1, -0.05) is 17.9 Å². The molecule has 3 N–H and O–H groups in total. The number of anilines is 1. The Hall–Kier alpha value is -2.84. The number of nitrogens with two attached hydrogens (primary N) is 1. The number of aromatic nitrogens is 1. The van der Waals surface area contributed by atoms with E-state index in [0.717, 1.165) is 0 Å². The van der Waals surface area contributed by atoms with E-state index in [-0.39, 0.29) is 12.5 Å². The Kier molecular flexibility index (Phi) is 4.91. The van der Waals surface area contributed by atoms with Crippen molar-refractivity contribution in [1.29, 1.82) is 0 Å². The molecule has 5 nitrogen and oxygen atoms in total. The van der Waals surface area contributed by atoms with Gasteiger partial charge in [0.1, 0.15) is 5.75 Å². The minimum atomic E-state index is -0.257. The minimum absolute atomic E-state index is 0.228. The van der Waals surface area contributed by atoms with Crippen LogP contribution in [-0.2, 0) is 0 Å². The molecule has 0 aliphatic carbocycles. The predicted octanol–water partition coefficient (Wildman–Crippen LogP) is 1.65. The number of pyridine rings is 1. The maximum Gasteiger partial charge on any atom is 0.257 e. The van der Waals surface area contributed by atoms with Gasteiger partial charge in [0.15, 0.2) is 0 Å². The van der Waals surface area contributed by atoms with Crippen LogP contribution in [0.5, 0.6) is 5.75 Å². The van der Waals surface area contributed by atoms with Crippen molar-refractivity contribution < 1.29 is 9.53 Å². The number of nitrogens with one attached hydrogen (secondary N) is 1. The van der Waals surface area contributed by atoms with E-state index in [1.54, 1.807) is 49.8 Å². The van der Waals surface area contributed by atoms with Gasteiger partial charge in [-0.25, -0.2) is 0 Å². The number of carbonyl (C=O) groups excluding carboxylic acids is 1. The summed E-state index contributed by atoms with van der Waals surface area (Å²) in [5.41, 5.74) is 6.99. The molecule has 106 valence electrons. The second-order valence-electron chi connectivity index (χ2n) is 4.11. The molecule has 0 saturated carbocycles. The van der Waals surface area contributed by atoms with Crippen LogP contribution in [0.1, 0.15) is 15.9 Å². The number of rotatable bonds is 3. The van der Waals surface area contributed by atoms with E-state index in [1.165, 1.54) is 0 Å². The molecule has 0 bridgehead atoms. The van der Waals surface area contributed by atoms with Crippen LogP contribution in [0.2, 0.25) is 0 Å². The second kappa shape index (κ2) is 7.08. The first-order valence-corrected chi connectivity index (χ1v) is 6.33. The number of methoxy groups -OCH3 is 1. The van der Waals surface area contributed by atoms with Crippen LogP contribution >= 0.6 is 0 Å². The lowest BCUT2D eigenvalue weighted by Crippen LogP contribution is -2.13. The van der Waals surface area contributed by atoms with Crippen LogP contribution in [0.3, 0.4) is 0 Å². The first-order chi connectivity index (χ1) is 10.2. The number of carbonyl (C=O) groups is 1. The predicted molar refractivity (Wildman–Crippen MR) is 81.1 cm³/mol. The first-order valence-electron chi connectivity index (χ1n) is 6.33. The molecular formula is C16H15N3O2. The van der Waals surface area contributed by atoms with Gasteiger partial charge >= 0.3 is 0 Å². The Bertz CT molecular complexity index is 702. The van der Waals surface area contributed by atoms with E-state index in [2.05, 4.69) is 22.1 Å². The molecule has 0 fully saturated rings. The van der Waals surface area contributed by atoms with Gasteiger partial charge in [-0.15, -0.1) is 0 Å². The van der Waals surface area contributed by atoms with Crippen LogP contribution in [0.15, 0.2) is 42.7 Å².